The van der Waals surface area contributed by atoms with Crippen LogP contribution in [0.1, 0.15) is 11.1 Å². The van der Waals surface area contributed by atoms with Gasteiger partial charge in [-0.25, -0.2) is 4.90 Å². The van der Waals surface area contributed by atoms with Crippen LogP contribution in [0.2, 0.25) is 10.0 Å². The third-order valence-corrected chi connectivity index (χ3v) is 6.81. The van der Waals surface area contributed by atoms with Crippen molar-refractivity contribution in [1.29, 1.82) is 0 Å². The average Bonchev–Trinajstić information content (AvgIpc) is 3.06. The van der Waals surface area contributed by atoms with E-state index in [1.165, 1.54) is 7.11 Å². The fourth-order valence-corrected chi connectivity index (χ4v) is 4.82. The van der Waals surface area contributed by atoms with Gasteiger partial charge in [-0.1, -0.05) is 41.4 Å². The number of imide groups is 1. The molecule has 0 spiro atoms. The largest absolute Gasteiger partial charge is 0.493 e. The molecule has 2 amide bonds. The van der Waals surface area contributed by atoms with Crippen molar-refractivity contribution < 1.29 is 19.1 Å². The fourth-order valence-electron chi connectivity index (χ4n) is 3.16. The number of ether oxygens (including phenoxy) is 2. The number of carbonyl (C=O) groups excluding carboxylic acids is 2. The molecule has 1 heterocycles. The summed E-state index contributed by atoms with van der Waals surface area (Å²) in [5.74, 6) is 0.400. The molecule has 4 rings (SSSR count). The van der Waals surface area contributed by atoms with Gasteiger partial charge in [-0.3, -0.25) is 9.59 Å². The zero-order valence-electron chi connectivity index (χ0n) is 17.2. The van der Waals surface area contributed by atoms with Crippen LogP contribution in [0.5, 0.6) is 11.5 Å². The zero-order valence-corrected chi connectivity index (χ0v) is 21.7. The van der Waals surface area contributed by atoms with Crippen LogP contribution in [0.15, 0.2) is 65.6 Å². The van der Waals surface area contributed by atoms with Gasteiger partial charge in [-0.15, -0.1) is 0 Å². The van der Waals surface area contributed by atoms with E-state index in [-0.39, 0.29) is 4.91 Å². The molecule has 0 unspecified atom stereocenters. The van der Waals surface area contributed by atoms with Gasteiger partial charge >= 0.3 is 0 Å². The number of carbonyl (C=O) groups is 2. The zero-order chi connectivity index (χ0) is 23.5. The molecule has 3 aromatic carbocycles. The Balaban J connectivity index is 1.58. The molecule has 0 bridgehead atoms. The predicted molar refractivity (Wildman–Crippen MR) is 141 cm³/mol. The molecule has 1 fully saturated rings. The number of methoxy groups -OCH3 is 1. The number of nitrogens with zero attached hydrogens (tertiary/aromatic N) is 1. The lowest BCUT2D eigenvalue weighted by molar-refractivity contribution is -0.113. The van der Waals surface area contributed by atoms with Crippen LogP contribution in [-0.4, -0.2) is 18.3 Å². The van der Waals surface area contributed by atoms with Gasteiger partial charge in [0.25, 0.3) is 11.1 Å². The molecule has 1 saturated heterocycles. The topological polar surface area (TPSA) is 55.8 Å². The van der Waals surface area contributed by atoms with Crippen molar-refractivity contribution in [2.24, 2.45) is 0 Å². The maximum atomic E-state index is 12.9. The summed E-state index contributed by atoms with van der Waals surface area (Å²) in [5.41, 5.74) is 2.02. The van der Waals surface area contributed by atoms with Crippen LogP contribution in [0.25, 0.3) is 6.08 Å². The van der Waals surface area contributed by atoms with Crippen molar-refractivity contribution >= 4 is 80.5 Å². The second-order valence-corrected chi connectivity index (χ2v) is 10.0. The molecule has 0 N–H and O–H groups in total. The van der Waals surface area contributed by atoms with E-state index < -0.39 is 11.1 Å². The second kappa shape index (κ2) is 10.4. The van der Waals surface area contributed by atoms with Crippen LogP contribution in [0.3, 0.4) is 0 Å². The molecule has 0 atom stereocenters. The van der Waals surface area contributed by atoms with Crippen LogP contribution in [0.4, 0.5) is 10.5 Å². The number of hydrogen-bond donors (Lipinski definition) is 0. The monoisotopic (exact) mass is 611 g/mol. The van der Waals surface area contributed by atoms with Gasteiger partial charge in [-0.05, 0) is 94.0 Å². The van der Waals surface area contributed by atoms with Crippen molar-refractivity contribution in [2.75, 3.05) is 12.0 Å². The van der Waals surface area contributed by atoms with E-state index in [0.29, 0.717) is 39.4 Å². The molecule has 9 heteroatoms. The van der Waals surface area contributed by atoms with E-state index in [9.17, 15) is 9.59 Å². The lowest BCUT2D eigenvalue weighted by Crippen LogP contribution is -2.27. The lowest BCUT2D eigenvalue weighted by Gasteiger charge is -2.14. The lowest BCUT2D eigenvalue weighted by atomic mass is 10.1. The second-order valence-electron chi connectivity index (χ2n) is 6.95. The van der Waals surface area contributed by atoms with Crippen molar-refractivity contribution in [3.8, 4) is 11.5 Å². The summed E-state index contributed by atoms with van der Waals surface area (Å²) in [6.07, 6.45) is 1.60. The first kappa shape index (κ1) is 23.9. The Morgan fingerprint density at radius 2 is 1.82 bits per heavy atom. The molecule has 0 aliphatic carbocycles. The van der Waals surface area contributed by atoms with Crippen LogP contribution in [0, 0.1) is 3.57 Å². The molecular weight excluding hydrogens is 596 g/mol. The van der Waals surface area contributed by atoms with Gasteiger partial charge in [-0.2, -0.15) is 0 Å². The summed E-state index contributed by atoms with van der Waals surface area (Å²) >= 11 is 15.6. The molecule has 0 saturated carbocycles. The Bertz CT molecular complexity index is 1260. The Kier molecular flexibility index (Phi) is 7.53. The fraction of sp³-hybridized carbons (Fsp3) is 0.0833. The quantitative estimate of drug-likeness (QED) is 0.214. The smallest absolute Gasteiger partial charge is 0.298 e. The predicted octanol–water partition coefficient (Wildman–Crippen LogP) is 7.43. The Morgan fingerprint density at radius 3 is 2.52 bits per heavy atom. The van der Waals surface area contributed by atoms with E-state index in [4.69, 9.17) is 32.7 Å². The van der Waals surface area contributed by atoms with E-state index in [2.05, 4.69) is 22.6 Å². The number of thioether (sulfide) groups is 1. The number of rotatable bonds is 6. The van der Waals surface area contributed by atoms with Crippen molar-refractivity contribution in [1.82, 2.24) is 0 Å². The number of hydrogen-bond acceptors (Lipinski definition) is 5. The first-order valence-corrected chi connectivity index (χ1v) is 12.3. The highest BCUT2D eigenvalue weighted by Crippen LogP contribution is 2.40. The number of anilines is 1. The highest BCUT2D eigenvalue weighted by atomic mass is 127. The summed E-state index contributed by atoms with van der Waals surface area (Å²) in [6.45, 7) is 0.324. The highest BCUT2D eigenvalue weighted by molar-refractivity contribution is 14.1. The Morgan fingerprint density at radius 1 is 1.06 bits per heavy atom. The minimum absolute atomic E-state index is 0.269. The first-order valence-electron chi connectivity index (χ1n) is 9.64. The average molecular weight is 612 g/mol. The molecule has 0 aromatic heterocycles. The van der Waals surface area contributed by atoms with E-state index >= 15 is 0 Å². The van der Waals surface area contributed by atoms with Gasteiger partial charge < -0.3 is 9.47 Å². The maximum absolute atomic E-state index is 12.9. The minimum atomic E-state index is -0.429. The number of halogens is 3. The summed E-state index contributed by atoms with van der Waals surface area (Å²) in [4.78, 5) is 26.8. The van der Waals surface area contributed by atoms with Crippen LogP contribution >= 0.6 is 57.6 Å². The third kappa shape index (κ3) is 5.48. The first-order chi connectivity index (χ1) is 15.9. The molecule has 33 heavy (non-hydrogen) atoms. The Hall–Kier alpha value is -2.20. The van der Waals surface area contributed by atoms with E-state index in [0.717, 1.165) is 25.8 Å². The van der Waals surface area contributed by atoms with E-state index in [1.807, 2.05) is 24.3 Å². The third-order valence-electron chi connectivity index (χ3n) is 4.71. The van der Waals surface area contributed by atoms with Gasteiger partial charge in [0.05, 0.1) is 22.7 Å². The standard InChI is InChI=1S/C24H16Cl2INO4S/c1-31-20-10-15(9-19(26)22(20)32-13-14-5-7-17(27)8-6-14)11-21-23(29)28(24(30)33-21)18-4-2-3-16(25)12-18/h2-12H,13H2,1H3/b21-11+. The van der Waals surface area contributed by atoms with Gasteiger partial charge in [0.2, 0.25) is 0 Å². The molecule has 1 aliphatic rings. The maximum Gasteiger partial charge on any atom is 0.298 e. The highest BCUT2D eigenvalue weighted by Gasteiger charge is 2.36. The SMILES string of the molecule is COc1cc(/C=C2/SC(=O)N(c3cccc(Cl)c3)C2=O)cc(Cl)c1OCc1ccc(I)cc1. The molecule has 0 radical (unpaired) electrons. The number of benzene rings is 3. The Labute approximate surface area is 218 Å². The molecule has 5 nitrogen and oxygen atoms in total. The van der Waals surface area contributed by atoms with Gasteiger partial charge in [0.1, 0.15) is 6.61 Å². The van der Waals surface area contributed by atoms with Gasteiger partial charge in [0, 0.05) is 8.59 Å². The number of amides is 2. The van der Waals surface area contributed by atoms with E-state index in [1.54, 1.807) is 42.5 Å². The van der Waals surface area contributed by atoms with Crippen molar-refractivity contribution in [3.63, 3.8) is 0 Å². The van der Waals surface area contributed by atoms with Gasteiger partial charge in [0.15, 0.2) is 11.5 Å². The summed E-state index contributed by atoms with van der Waals surface area (Å²) in [7, 11) is 1.51. The van der Waals surface area contributed by atoms with Crippen molar-refractivity contribution in [3.05, 3.63) is 90.3 Å². The van der Waals surface area contributed by atoms with Crippen molar-refractivity contribution in [2.45, 2.75) is 6.61 Å². The minimum Gasteiger partial charge on any atom is -0.493 e. The molecule has 1 aliphatic heterocycles. The van der Waals surface area contributed by atoms with Crippen LogP contribution in [-0.2, 0) is 11.4 Å². The summed E-state index contributed by atoms with van der Waals surface area (Å²) < 4.78 is 12.5. The normalized spacial score (nSPS) is 14.8. The van der Waals surface area contributed by atoms with Crippen LogP contribution < -0.4 is 14.4 Å². The molecular formula is C24H16Cl2INO4S. The molecule has 3 aromatic rings. The molecule has 168 valence electrons. The summed E-state index contributed by atoms with van der Waals surface area (Å²) in [6, 6.07) is 17.9. The summed E-state index contributed by atoms with van der Waals surface area (Å²) in [5, 5.41) is 0.372.